The third-order valence-electron chi connectivity index (χ3n) is 15.5. The summed E-state index contributed by atoms with van der Waals surface area (Å²) in [5.41, 5.74) is -7.91. The zero-order valence-corrected chi connectivity index (χ0v) is 48.3. The van der Waals surface area contributed by atoms with Crippen LogP contribution in [-0.2, 0) is 97.9 Å². The van der Waals surface area contributed by atoms with E-state index in [2.05, 4.69) is 33.6 Å². The van der Waals surface area contributed by atoms with Crippen molar-refractivity contribution in [3.8, 4) is 94.9 Å². The van der Waals surface area contributed by atoms with Crippen molar-refractivity contribution in [1.29, 1.82) is 0 Å². The Bertz CT molecular complexity index is 4200. The number of hydrogen-bond donors (Lipinski definition) is 2. The van der Waals surface area contributed by atoms with E-state index in [-0.39, 0.29) is 112 Å². The van der Waals surface area contributed by atoms with Crippen molar-refractivity contribution in [3.63, 3.8) is 0 Å². The lowest BCUT2D eigenvalue weighted by molar-refractivity contribution is -0.163. The van der Waals surface area contributed by atoms with E-state index in [1.54, 1.807) is 0 Å². The molecule has 4 aromatic carbocycles. The lowest BCUT2D eigenvalue weighted by Crippen LogP contribution is -2.45. The summed E-state index contributed by atoms with van der Waals surface area (Å²) in [6.45, 7) is 0. The minimum absolute atomic E-state index is 0.00875. The van der Waals surface area contributed by atoms with Crippen LogP contribution >= 0.6 is 0 Å². The number of esters is 8. The van der Waals surface area contributed by atoms with Crippen LogP contribution in [0.2, 0.25) is 0 Å². The van der Waals surface area contributed by atoms with Gasteiger partial charge in [-0.3, -0.25) is 38.4 Å². The molecule has 0 fully saturated rings. The molecule has 0 spiro atoms. The standard InChI is InChI=1S/C64H50N8O16/c1-13-25-61(53(73)81-5,54(74)82-6)33-17-21-37-41(29-33)49-65-45(37)70-50-43-31-35(63(27-15-3,57(77)85-9)58(78)86-10)19-23-39(43)47(67-50)72-52-44-32-36(64(28-16-4,59(79)87-11)60(80)88-12)20-24-40(44)48(68-52)71-51-42-30-34(18-22-38(42)46(66-51)69-49)62(26-14-2,55(75)83-7)56(76)84-8/h1-4,17-24,29-32H,25-28H2,5-12H3,(H2,65,66,67,68,69,70,71,72). The quantitative estimate of drug-likeness (QED) is 0.0536. The maximum absolute atomic E-state index is 13.9. The molecule has 2 aliphatic rings. The van der Waals surface area contributed by atoms with E-state index in [0.717, 1.165) is 56.9 Å². The Balaban J connectivity index is 1.52. The Labute approximate surface area is 500 Å². The highest BCUT2D eigenvalue weighted by atomic mass is 16.6. The number of carbonyl (C=O) groups is 8. The van der Waals surface area contributed by atoms with E-state index in [1.165, 1.54) is 72.8 Å². The van der Waals surface area contributed by atoms with Crippen molar-refractivity contribution in [2.45, 2.75) is 47.3 Å². The van der Waals surface area contributed by atoms with Gasteiger partial charge >= 0.3 is 47.8 Å². The number of aromatic amines is 2. The maximum Gasteiger partial charge on any atom is 0.328 e. The van der Waals surface area contributed by atoms with Crippen molar-refractivity contribution in [2.75, 3.05) is 56.9 Å². The average molecular weight is 1190 g/mol. The van der Waals surface area contributed by atoms with E-state index < -0.39 is 95.1 Å². The number of carbonyl (C=O) groups excluding carboxylic acids is 8. The zero-order chi connectivity index (χ0) is 63.6. The number of H-pyrrole nitrogens is 2. The van der Waals surface area contributed by atoms with Crippen molar-refractivity contribution in [3.05, 3.63) is 95.1 Å². The molecule has 0 amide bonds. The van der Waals surface area contributed by atoms with Gasteiger partial charge in [-0.1, -0.05) is 48.5 Å². The fraction of sp³-hybridized carbons (Fsp3) is 0.250. The van der Waals surface area contributed by atoms with Crippen LogP contribution in [-0.4, -0.2) is 145 Å². The summed E-state index contributed by atoms with van der Waals surface area (Å²) in [5.74, 6) is 0.948. The van der Waals surface area contributed by atoms with E-state index in [4.69, 9.17) is 93.5 Å². The van der Waals surface area contributed by atoms with Crippen molar-refractivity contribution < 1.29 is 76.3 Å². The van der Waals surface area contributed by atoms with Gasteiger partial charge in [-0.15, -0.1) is 49.4 Å². The first-order valence-electron chi connectivity index (χ1n) is 26.2. The highest BCUT2D eigenvalue weighted by Crippen LogP contribution is 2.44. The second-order valence-corrected chi connectivity index (χ2v) is 19.7. The summed E-state index contributed by atoms with van der Waals surface area (Å²) < 4.78 is 41.4. The van der Waals surface area contributed by atoms with Crippen molar-refractivity contribution >= 4 is 91.9 Å². The molecule has 0 atom stereocenters. The Morgan fingerprint density at radius 3 is 0.807 bits per heavy atom. The van der Waals surface area contributed by atoms with Crippen LogP contribution in [0.25, 0.3) is 89.7 Å². The van der Waals surface area contributed by atoms with Gasteiger partial charge in [0.25, 0.3) is 0 Å². The Hall–Kier alpha value is -11.8. The highest BCUT2D eigenvalue weighted by Gasteiger charge is 2.54. The first-order valence-corrected chi connectivity index (χ1v) is 26.2. The van der Waals surface area contributed by atoms with Crippen LogP contribution in [0.5, 0.6) is 0 Å². The van der Waals surface area contributed by atoms with E-state index in [9.17, 15) is 38.4 Å². The fourth-order valence-electron chi connectivity index (χ4n) is 11.1. The van der Waals surface area contributed by atoms with Gasteiger partial charge in [0.1, 0.15) is 22.6 Å². The maximum atomic E-state index is 13.9. The van der Waals surface area contributed by atoms with E-state index in [1.807, 2.05) is 0 Å². The van der Waals surface area contributed by atoms with Gasteiger partial charge < -0.3 is 47.9 Å². The minimum Gasteiger partial charge on any atom is -0.468 e. The topological polar surface area (TPSA) is 319 Å². The Morgan fingerprint density at radius 1 is 0.330 bits per heavy atom. The molecule has 24 heteroatoms. The summed E-state index contributed by atoms with van der Waals surface area (Å²) in [4.78, 5) is 148. The van der Waals surface area contributed by atoms with Crippen LogP contribution in [0.1, 0.15) is 47.9 Å². The molecule has 0 aliphatic carbocycles. The summed E-state index contributed by atoms with van der Waals surface area (Å²) in [5, 5.41) is 0.965. The molecule has 8 bridgehead atoms. The van der Waals surface area contributed by atoms with Crippen LogP contribution < -0.4 is 0 Å². The van der Waals surface area contributed by atoms with Crippen LogP contribution in [0, 0.1) is 49.4 Å². The third kappa shape index (κ3) is 9.18. The molecule has 5 heterocycles. The van der Waals surface area contributed by atoms with Crippen LogP contribution in [0.4, 0.5) is 0 Å². The fourth-order valence-corrected chi connectivity index (χ4v) is 11.1. The number of hydrogen-bond acceptors (Lipinski definition) is 22. The summed E-state index contributed by atoms with van der Waals surface area (Å²) in [6, 6.07) is 17.7. The predicted octanol–water partition coefficient (Wildman–Crippen LogP) is 5.30. The molecule has 0 saturated heterocycles. The molecule has 88 heavy (non-hydrogen) atoms. The van der Waals surface area contributed by atoms with Gasteiger partial charge in [-0.25, -0.2) is 29.9 Å². The Kier molecular flexibility index (Phi) is 16.4. The minimum atomic E-state index is -2.22. The zero-order valence-electron chi connectivity index (χ0n) is 48.3. The average Bonchev–Trinajstić information content (AvgIpc) is 1.53. The number of nitrogens with zero attached hydrogens (tertiary/aromatic N) is 6. The predicted molar refractivity (Wildman–Crippen MR) is 313 cm³/mol. The molecule has 0 unspecified atom stereocenters. The molecule has 3 aromatic heterocycles. The van der Waals surface area contributed by atoms with Crippen molar-refractivity contribution in [1.82, 2.24) is 39.9 Å². The number of ether oxygens (including phenoxy) is 8. The van der Waals surface area contributed by atoms with Gasteiger partial charge in [0.15, 0.2) is 23.3 Å². The number of fused-ring (bicyclic) bond motifs is 20. The monoisotopic (exact) mass is 1190 g/mol. The van der Waals surface area contributed by atoms with Crippen molar-refractivity contribution in [2.24, 2.45) is 0 Å². The molecular formula is C64H50N8O16. The number of aromatic nitrogens is 8. The first kappa shape index (κ1) is 60.8. The molecule has 7 aromatic rings. The molecule has 0 radical (unpaired) electrons. The molecule has 442 valence electrons. The van der Waals surface area contributed by atoms with E-state index >= 15 is 0 Å². The molecular weight excluding hydrogens is 1140 g/mol. The highest BCUT2D eigenvalue weighted by molar-refractivity contribution is 6.13. The number of nitrogens with one attached hydrogen (secondary N) is 2. The number of terminal acetylenes is 4. The third-order valence-corrected chi connectivity index (χ3v) is 15.5. The van der Waals surface area contributed by atoms with Gasteiger partial charge in [0, 0.05) is 69.5 Å². The molecule has 24 nitrogen and oxygen atoms in total. The second-order valence-electron chi connectivity index (χ2n) is 19.7. The smallest absolute Gasteiger partial charge is 0.328 e. The molecule has 0 saturated carbocycles. The second kappa shape index (κ2) is 23.7. The first-order chi connectivity index (χ1) is 42.3. The molecule has 2 N–H and O–H groups in total. The molecule has 9 rings (SSSR count). The van der Waals surface area contributed by atoms with E-state index in [0.29, 0.717) is 0 Å². The normalized spacial score (nSPS) is 11.7. The van der Waals surface area contributed by atoms with Gasteiger partial charge in [0.2, 0.25) is 21.7 Å². The summed E-state index contributed by atoms with van der Waals surface area (Å²) >= 11 is 0. The number of rotatable bonds is 16. The molecule has 2 aliphatic heterocycles. The summed E-state index contributed by atoms with van der Waals surface area (Å²) in [7, 11) is 8.66. The summed E-state index contributed by atoms with van der Waals surface area (Å²) in [6.07, 6.45) is 21.3. The number of methoxy groups -OCH3 is 8. The lowest BCUT2D eigenvalue weighted by atomic mass is 9.76. The Morgan fingerprint density at radius 2 is 0.557 bits per heavy atom. The van der Waals surface area contributed by atoms with Gasteiger partial charge in [-0.05, 0) is 46.5 Å². The van der Waals surface area contributed by atoms with Crippen LogP contribution in [0.15, 0.2) is 72.8 Å². The van der Waals surface area contributed by atoms with Crippen LogP contribution in [0.3, 0.4) is 0 Å². The van der Waals surface area contributed by atoms with Gasteiger partial charge in [-0.2, -0.15) is 0 Å². The van der Waals surface area contributed by atoms with Gasteiger partial charge in [0.05, 0.1) is 56.9 Å². The lowest BCUT2D eigenvalue weighted by Gasteiger charge is -2.27. The SMILES string of the molecule is C#CCC(C(=O)OC)(C(=O)OC)c1ccc2c(c1)-c1nc-2nc2[nH]c(nc3nc(nc4[nH]c(n1)c1ccc(C(CC#C)(C(=O)OC)C(=O)OC)cc41)-c1ccc(C(CC#C)(C(=O)OC)C(=O)OC)cc1-3)c1ccc(C(CC#C)(C(=O)OC)C(=O)OC)cc21. The number of benzene rings is 4. The largest absolute Gasteiger partial charge is 0.468 e.